The fourth-order valence-corrected chi connectivity index (χ4v) is 10.0. The Balaban J connectivity index is 1.37. The van der Waals surface area contributed by atoms with E-state index >= 15 is 0 Å². The summed E-state index contributed by atoms with van der Waals surface area (Å²) >= 11 is 3.66. The van der Waals surface area contributed by atoms with Crippen LogP contribution in [0.25, 0.3) is 101 Å². The van der Waals surface area contributed by atoms with Crippen LogP contribution in [0.15, 0.2) is 140 Å². The highest BCUT2D eigenvalue weighted by molar-refractivity contribution is 7.27. The molecule has 4 aromatic heterocycles. The van der Waals surface area contributed by atoms with Crippen LogP contribution >= 0.6 is 22.7 Å². The number of fused-ring (bicyclic) bond motifs is 14. The van der Waals surface area contributed by atoms with E-state index in [1.807, 2.05) is 11.3 Å². The third-order valence-corrected chi connectivity index (χ3v) is 12.0. The fourth-order valence-electron chi connectivity index (χ4n) is 7.62. The molecule has 47 heavy (non-hydrogen) atoms. The number of benzene rings is 7. The number of thiophene rings is 2. The van der Waals surface area contributed by atoms with Crippen LogP contribution < -0.4 is 0 Å². The van der Waals surface area contributed by atoms with E-state index in [-0.39, 0.29) is 0 Å². The molecule has 0 aliphatic carbocycles. The van der Waals surface area contributed by atoms with Crippen LogP contribution in [0.5, 0.6) is 0 Å². The van der Waals surface area contributed by atoms with Gasteiger partial charge in [0.15, 0.2) is 0 Å². The van der Waals surface area contributed by atoms with Crippen LogP contribution in [0.2, 0.25) is 0 Å². The molecule has 0 aliphatic rings. The number of hydrogen-bond acceptors (Lipinski definition) is 4. The van der Waals surface area contributed by atoms with E-state index in [0.717, 1.165) is 37.9 Å². The molecule has 5 heteroatoms. The van der Waals surface area contributed by atoms with Gasteiger partial charge in [0.25, 0.3) is 0 Å². The van der Waals surface area contributed by atoms with Gasteiger partial charge in [-0.05, 0) is 34.4 Å². The Labute approximate surface area is 276 Å². The quantitative estimate of drug-likeness (QED) is 0.190. The average Bonchev–Trinajstić information content (AvgIpc) is 3.81. The Morgan fingerprint density at radius 3 is 1.91 bits per heavy atom. The van der Waals surface area contributed by atoms with Crippen molar-refractivity contribution in [1.29, 1.82) is 0 Å². The lowest BCUT2D eigenvalue weighted by Gasteiger charge is -2.13. The van der Waals surface area contributed by atoms with Gasteiger partial charge in [-0.25, -0.2) is 9.97 Å². The number of nitrogens with zero attached hydrogens (tertiary/aromatic N) is 3. The van der Waals surface area contributed by atoms with E-state index in [2.05, 4.69) is 144 Å². The van der Waals surface area contributed by atoms with Crippen molar-refractivity contribution >= 4 is 106 Å². The zero-order valence-corrected chi connectivity index (χ0v) is 26.6. The zero-order chi connectivity index (χ0) is 30.6. The number of para-hydroxylation sites is 1. The second-order valence-electron chi connectivity index (χ2n) is 12.1. The summed E-state index contributed by atoms with van der Waals surface area (Å²) in [4.78, 5) is 11.0. The molecule has 0 unspecified atom stereocenters. The minimum Gasteiger partial charge on any atom is -0.277 e. The van der Waals surface area contributed by atoms with Gasteiger partial charge in [0.2, 0.25) is 5.95 Å². The number of hydrogen-bond donors (Lipinski definition) is 0. The molecular weight excluding hydrogens is 611 g/mol. The van der Waals surface area contributed by atoms with E-state index in [9.17, 15) is 0 Å². The van der Waals surface area contributed by atoms with Crippen molar-refractivity contribution in [2.75, 3.05) is 0 Å². The van der Waals surface area contributed by atoms with Gasteiger partial charge in [-0.15, -0.1) is 22.7 Å². The third kappa shape index (κ3) is 3.45. The smallest absolute Gasteiger partial charge is 0.235 e. The van der Waals surface area contributed by atoms with Crippen LogP contribution in [0, 0.1) is 0 Å². The largest absolute Gasteiger partial charge is 0.277 e. The molecule has 218 valence electrons. The van der Waals surface area contributed by atoms with E-state index in [1.54, 1.807) is 11.3 Å². The zero-order valence-electron chi connectivity index (χ0n) is 24.9. The minimum atomic E-state index is 0.695. The highest BCUT2D eigenvalue weighted by atomic mass is 32.1. The van der Waals surface area contributed by atoms with Gasteiger partial charge in [0, 0.05) is 52.0 Å². The van der Waals surface area contributed by atoms with Crippen molar-refractivity contribution in [3.8, 4) is 17.2 Å². The summed E-state index contributed by atoms with van der Waals surface area (Å²) in [6, 6.07) is 50.2. The lowest BCUT2D eigenvalue weighted by Crippen LogP contribution is -2.03. The summed E-state index contributed by atoms with van der Waals surface area (Å²) in [5, 5.41) is 11.1. The Morgan fingerprint density at radius 1 is 0.447 bits per heavy atom. The van der Waals surface area contributed by atoms with Crippen molar-refractivity contribution in [3.63, 3.8) is 0 Å². The second kappa shape index (κ2) is 9.46. The van der Waals surface area contributed by atoms with E-state index in [4.69, 9.17) is 9.97 Å². The van der Waals surface area contributed by atoms with Gasteiger partial charge in [0.1, 0.15) is 0 Å². The summed E-state index contributed by atoms with van der Waals surface area (Å²) in [5.74, 6) is 0.695. The van der Waals surface area contributed by atoms with Crippen molar-refractivity contribution in [1.82, 2.24) is 14.5 Å². The van der Waals surface area contributed by atoms with Crippen LogP contribution in [-0.2, 0) is 0 Å². The molecule has 0 saturated carbocycles. The monoisotopic (exact) mass is 633 g/mol. The van der Waals surface area contributed by atoms with Gasteiger partial charge >= 0.3 is 0 Å². The van der Waals surface area contributed by atoms with Gasteiger partial charge in [-0.2, -0.15) is 0 Å². The molecule has 0 fully saturated rings. The second-order valence-corrected chi connectivity index (χ2v) is 14.2. The predicted molar refractivity (Wildman–Crippen MR) is 203 cm³/mol. The predicted octanol–water partition coefficient (Wildman–Crippen LogP) is 12.3. The first kappa shape index (κ1) is 25.6. The van der Waals surface area contributed by atoms with E-state index in [1.165, 1.54) is 57.2 Å². The van der Waals surface area contributed by atoms with Gasteiger partial charge in [-0.3, -0.25) is 4.57 Å². The highest BCUT2D eigenvalue weighted by Gasteiger charge is 2.24. The summed E-state index contributed by atoms with van der Waals surface area (Å²) < 4.78 is 7.28. The first-order valence-corrected chi connectivity index (χ1v) is 17.4. The van der Waals surface area contributed by atoms with Gasteiger partial charge in [0.05, 0.1) is 26.9 Å². The molecule has 0 bridgehead atoms. The topological polar surface area (TPSA) is 30.7 Å². The molecule has 0 atom stereocenters. The first-order chi connectivity index (χ1) is 23.3. The Kier molecular flexibility index (Phi) is 5.14. The lowest BCUT2D eigenvalue weighted by molar-refractivity contribution is 1.02. The molecule has 11 aromatic rings. The molecule has 4 heterocycles. The molecule has 11 rings (SSSR count). The number of aromatic nitrogens is 3. The molecule has 3 nitrogen and oxygen atoms in total. The van der Waals surface area contributed by atoms with Crippen LogP contribution in [0.3, 0.4) is 0 Å². The van der Waals surface area contributed by atoms with Crippen LogP contribution in [-0.4, -0.2) is 14.5 Å². The Morgan fingerprint density at radius 2 is 1.06 bits per heavy atom. The number of rotatable bonds is 2. The van der Waals surface area contributed by atoms with Gasteiger partial charge in [-0.1, -0.05) is 121 Å². The Bertz CT molecular complexity index is 3080. The SMILES string of the molecule is c1ccc2c(-c3nc(-n4c5ccccc5c5c6sc7ccccc7c6c6ccccc6c54)nc4c3sc3ccccc34)cccc2c1. The highest BCUT2D eigenvalue weighted by Crippen LogP contribution is 2.48. The molecule has 0 aliphatic heterocycles. The van der Waals surface area contributed by atoms with Crippen molar-refractivity contribution < 1.29 is 0 Å². The molecule has 0 spiro atoms. The normalized spacial score (nSPS) is 12.3. The standard InChI is InChI=1S/C42H23N3S2/c1-2-14-25-24(12-1)13-11-20-27(25)37-41-38(31-19-7-10-23-34(31)47-41)44-42(43-37)45-32-21-8-5-17-29(32)36-39(45)28-16-4-3-15-26(28)35-30-18-6-9-22-33(30)46-40(35)36/h1-23H. The summed E-state index contributed by atoms with van der Waals surface area (Å²) in [6.45, 7) is 0. The fraction of sp³-hybridized carbons (Fsp3) is 0. The maximum absolute atomic E-state index is 5.55. The lowest BCUT2D eigenvalue weighted by atomic mass is 10.00. The molecule has 0 amide bonds. The van der Waals surface area contributed by atoms with E-state index < -0.39 is 0 Å². The van der Waals surface area contributed by atoms with Crippen molar-refractivity contribution in [3.05, 3.63) is 140 Å². The maximum Gasteiger partial charge on any atom is 0.235 e. The minimum absolute atomic E-state index is 0.695. The molecule has 0 N–H and O–H groups in total. The molecular formula is C42H23N3S2. The molecule has 7 aromatic carbocycles. The summed E-state index contributed by atoms with van der Waals surface area (Å²) in [5.41, 5.74) is 5.36. The van der Waals surface area contributed by atoms with Crippen LogP contribution in [0.1, 0.15) is 0 Å². The average molecular weight is 634 g/mol. The first-order valence-electron chi connectivity index (χ1n) is 15.8. The summed E-state index contributed by atoms with van der Waals surface area (Å²) in [7, 11) is 0. The van der Waals surface area contributed by atoms with Crippen LogP contribution in [0.4, 0.5) is 0 Å². The third-order valence-electron chi connectivity index (χ3n) is 9.60. The maximum atomic E-state index is 5.55. The summed E-state index contributed by atoms with van der Waals surface area (Å²) in [6.07, 6.45) is 0. The molecule has 0 radical (unpaired) electrons. The van der Waals surface area contributed by atoms with Gasteiger partial charge < -0.3 is 0 Å². The molecule has 0 saturated heterocycles. The van der Waals surface area contributed by atoms with E-state index in [0.29, 0.717) is 5.95 Å². The van der Waals surface area contributed by atoms with Crippen molar-refractivity contribution in [2.24, 2.45) is 0 Å². The van der Waals surface area contributed by atoms with Crippen molar-refractivity contribution in [2.45, 2.75) is 0 Å². The Hall–Kier alpha value is -5.62.